The molecule has 0 aliphatic rings. The molecule has 0 aliphatic heterocycles. The van der Waals surface area contributed by atoms with E-state index in [1.54, 1.807) is 48.5 Å². The van der Waals surface area contributed by atoms with Crippen LogP contribution in [0.15, 0.2) is 200 Å². The summed E-state index contributed by atoms with van der Waals surface area (Å²) in [4.78, 5) is 17.8. The molecule has 10 rings (SSSR count). The van der Waals surface area contributed by atoms with Crippen LogP contribution >= 0.6 is 22.6 Å². The number of alkyl halides is 1. The molecular weight excluding hydrogens is 975 g/mol. The van der Waals surface area contributed by atoms with E-state index < -0.39 is 7.15 Å². The lowest BCUT2D eigenvalue weighted by atomic mass is 10.1. The molecule has 0 saturated carbocycles. The van der Waals surface area contributed by atoms with Gasteiger partial charge in [-0.05, 0) is 111 Å². The van der Waals surface area contributed by atoms with E-state index in [1.807, 2.05) is 109 Å². The van der Waals surface area contributed by atoms with Crippen molar-refractivity contribution in [3.8, 4) is 22.8 Å². The molecule has 0 bridgehead atoms. The van der Waals surface area contributed by atoms with Crippen molar-refractivity contribution in [2.24, 2.45) is 11.5 Å². The highest BCUT2D eigenvalue weighted by molar-refractivity contribution is 14.1. The minimum atomic E-state index is -1.00. The van der Waals surface area contributed by atoms with E-state index in [-0.39, 0.29) is 23.3 Å². The Balaban J connectivity index is 0.000000185. The van der Waals surface area contributed by atoms with Crippen LogP contribution in [-0.2, 0) is 0 Å². The maximum Gasteiger partial charge on any atom is 0.148 e. The first-order valence-electron chi connectivity index (χ1n) is 22.0. The number of halogens is 2. The normalized spacial score (nSPS) is 10.5. The van der Waals surface area contributed by atoms with Gasteiger partial charge in [-0.3, -0.25) is 26.0 Å². The molecule has 4 aromatic heterocycles. The number of hydrogen-bond acceptors (Lipinski definition) is 8. The largest absolute Gasteiger partial charge is 0.382 e. The number of rotatable bonds is 8. The summed E-state index contributed by atoms with van der Waals surface area (Å²) in [5, 5.41) is 45.4. The highest BCUT2D eigenvalue weighted by Gasteiger charge is 2.12. The molecule has 340 valence electrons. The van der Waals surface area contributed by atoms with Gasteiger partial charge in [-0.15, -0.1) is 0 Å². The molecule has 0 amide bonds. The summed E-state index contributed by atoms with van der Waals surface area (Å²) in [6.07, 6.45) is 0. The van der Waals surface area contributed by atoms with Gasteiger partial charge in [0.25, 0.3) is 0 Å². The molecule has 0 spiro atoms. The summed E-state index contributed by atoms with van der Waals surface area (Å²) < 4.78 is 16.8. The van der Waals surface area contributed by atoms with Gasteiger partial charge >= 0.3 is 0 Å². The Hall–Kier alpha value is -8.76. The first-order valence-corrected chi connectivity index (χ1v) is 22.3. The van der Waals surface area contributed by atoms with E-state index in [1.165, 1.54) is 14.3 Å². The quantitative estimate of drug-likeness (QED) is 0.0414. The van der Waals surface area contributed by atoms with Crippen molar-refractivity contribution in [3.63, 3.8) is 0 Å². The maximum atomic E-state index is 9.96. The van der Waals surface area contributed by atoms with Crippen LogP contribution in [0.25, 0.3) is 55.1 Å². The van der Waals surface area contributed by atoms with Crippen molar-refractivity contribution in [2.45, 2.75) is 0 Å². The molecule has 0 unspecified atom stereocenters. The van der Waals surface area contributed by atoms with E-state index in [4.69, 9.17) is 44.4 Å². The number of hydrogen-bond donors (Lipinski definition) is 8. The van der Waals surface area contributed by atoms with Crippen LogP contribution in [-0.4, -0.2) is 50.4 Å². The van der Waals surface area contributed by atoms with E-state index in [2.05, 4.69) is 85.7 Å². The second-order valence-electron chi connectivity index (χ2n) is 15.0. The lowest BCUT2D eigenvalue weighted by Gasteiger charge is -2.12. The van der Waals surface area contributed by atoms with Crippen molar-refractivity contribution in [3.05, 3.63) is 227 Å². The maximum absolute atomic E-state index is 9.96. The zero-order chi connectivity index (χ0) is 49.4. The third kappa shape index (κ3) is 12.2. The summed E-state index contributed by atoms with van der Waals surface area (Å²) in [6, 6.07) is 64.3. The minimum absolute atomic E-state index is 0.0976. The number of amidine groups is 4. The summed E-state index contributed by atoms with van der Waals surface area (Å²) in [7, 11) is -1.00. The van der Waals surface area contributed by atoms with Crippen LogP contribution < -0.4 is 22.1 Å². The third-order valence-electron chi connectivity index (χ3n) is 10.4. The fourth-order valence-electron chi connectivity index (χ4n) is 7.14. The molecule has 69 heavy (non-hydrogen) atoms. The second kappa shape index (κ2) is 23.1. The predicted octanol–water partition coefficient (Wildman–Crippen LogP) is 12.1. The number of nitrogens with two attached hydrogens (primary N) is 2. The number of anilines is 2. The number of fused-ring (bicyclic) bond motifs is 3. The Morgan fingerprint density at radius 2 is 0.710 bits per heavy atom. The highest BCUT2D eigenvalue weighted by Crippen LogP contribution is 2.26. The first kappa shape index (κ1) is 46.8. The average molecular weight is 1020 g/mol. The van der Waals surface area contributed by atoms with E-state index in [9.17, 15) is 4.39 Å². The zero-order valence-corrected chi connectivity index (χ0v) is 39.1. The van der Waals surface area contributed by atoms with Gasteiger partial charge in [-0.25, -0.2) is 19.9 Å². The lowest BCUT2D eigenvalue weighted by Crippen LogP contribution is -2.15. The van der Waals surface area contributed by atoms with Crippen molar-refractivity contribution >= 4 is 89.6 Å². The number of benzene rings is 6. The Labute approximate surface area is 413 Å². The smallest absolute Gasteiger partial charge is 0.148 e. The Bertz CT molecular complexity index is 3290. The molecule has 0 radical (unpaired) electrons. The molecule has 10 N–H and O–H groups in total. The van der Waals surface area contributed by atoms with Gasteiger partial charge in [0, 0.05) is 25.7 Å². The molecule has 0 aliphatic carbocycles. The summed E-state index contributed by atoms with van der Waals surface area (Å²) in [5.41, 5.74) is 16.7. The molecule has 0 atom stereocenters. The van der Waals surface area contributed by atoms with Crippen LogP contribution in [0.3, 0.4) is 0 Å². The molecule has 10 aromatic rings. The van der Waals surface area contributed by atoms with Crippen LogP contribution in [0.2, 0.25) is 0 Å². The molecule has 12 nitrogen and oxygen atoms in total. The van der Waals surface area contributed by atoms with Gasteiger partial charge < -0.3 is 22.1 Å². The van der Waals surface area contributed by atoms with Crippen LogP contribution in [0.4, 0.5) is 15.8 Å². The molecule has 0 saturated heterocycles. The molecule has 0 fully saturated rings. The van der Waals surface area contributed by atoms with Gasteiger partial charge in [-0.2, -0.15) is 0 Å². The Kier molecular flexibility index (Phi) is 15.7. The van der Waals surface area contributed by atoms with Crippen molar-refractivity contribution in [2.75, 3.05) is 17.8 Å². The molecular formula is C55H46FIN12. The third-order valence-corrected chi connectivity index (χ3v) is 11.4. The topological polar surface area (TPSA) is 223 Å². The van der Waals surface area contributed by atoms with Gasteiger partial charge in [0.1, 0.15) is 46.1 Å². The average Bonchev–Trinajstić information content (AvgIpc) is 3.40. The predicted molar refractivity (Wildman–Crippen MR) is 289 cm³/mol. The van der Waals surface area contributed by atoms with Crippen molar-refractivity contribution in [1.82, 2.24) is 19.9 Å². The number of nitrogens with zero attached hydrogens (tertiary/aromatic N) is 4. The molecule has 4 heterocycles. The second-order valence-corrected chi connectivity index (χ2v) is 16.1. The fraction of sp³-hybridized carbons (Fsp3) is 0.0182. The lowest BCUT2D eigenvalue weighted by molar-refractivity contribution is 0.636. The van der Waals surface area contributed by atoms with E-state index >= 15 is 0 Å². The van der Waals surface area contributed by atoms with Gasteiger partial charge in [0.05, 0.1) is 31.3 Å². The van der Waals surface area contributed by atoms with Crippen molar-refractivity contribution < 1.29 is 5.76 Å². The van der Waals surface area contributed by atoms with Gasteiger partial charge in [0.2, 0.25) is 0 Å². The van der Waals surface area contributed by atoms with Crippen LogP contribution in [0.5, 0.6) is 0 Å². The minimum Gasteiger partial charge on any atom is -0.382 e. The Morgan fingerprint density at radius 1 is 0.420 bits per heavy atom. The summed E-state index contributed by atoms with van der Waals surface area (Å²) in [5.74, 6) is 0.202. The SMILES string of the molecule is Ic1cccc2ccccc12.N=C(N)c1cccc(-c2cccc(C(=N)N)n2)n1.N=C(Nc1cccc2ccccc12)c1cccc(-c2cccc(C(=N)Nc3cccc4ccccc34)n2)n1.[2H]CF. The fourth-order valence-corrected chi connectivity index (χ4v) is 7.84. The summed E-state index contributed by atoms with van der Waals surface area (Å²) >= 11 is 2.36. The molecule has 6 aromatic carbocycles. The van der Waals surface area contributed by atoms with Gasteiger partial charge in [0.15, 0.2) is 0 Å². The van der Waals surface area contributed by atoms with Gasteiger partial charge in [-0.1, -0.05) is 133 Å². The number of nitrogen functional groups attached to an aromatic ring is 2. The summed E-state index contributed by atoms with van der Waals surface area (Å²) in [6.45, 7) is 0. The van der Waals surface area contributed by atoms with E-state index in [0.717, 1.165) is 32.9 Å². The monoisotopic (exact) mass is 1020 g/mol. The number of nitrogens with one attached hydrogen (secondary N) is 6. The first-order chi connectivity index (χ1) is 34.0. The van der Waals surface area contributed by atoms with E-state index in [0.29, 0.717) is 45.6 Å². The number of pyridine rings is 4. The van der Waals surface area contributed by atoms with Crippen molar-refractivity contribution in [1.29, 1.82) is 21.6 Å². The van der Waals surface area contributed by atoms with Crippen LogP contribution in [0.1, 0.15) is 24.1 Å². The highest BCUT2D eigenvalue weighted by atomic mass is 127. The molecule has 14 heteroatoms. The zero-order valence-electron chi connectivity index (χ0n) is 38.0. The number of aromatic nitrogens is 4. The standard InChI is InChI=1S/C32H24N6.C12H12N6.C10H7I.CH3F/c33-31(37-25-15-5-11-21-9-1-3-13-23(21)25)29-19-7-17-27(35-29)28-18-8-20-30(36-28)32(34)38-26-16-6-12-22-10-2-4-14-24(22)26;13-11(14)9-5-1-3-7(17-9)8-4-2-6-10(18-8)12(15)16;11-10-7-3-5-8-4-1-2-6-9(8)10;1-2/h1-20H,(H2,33,37)(H2,34,38);1-6H,(H3,13,14)(H3,15,16);1-7H;1H3/i;;;1D. The van der Waals surface area contributed by atoms with Crippen LogP contribution in [0, 0.1) is 25.2 Å². The Morgan fingerprint density at radius 3 is 1.09 bits per heavy atom.